The highest BCUT2D eigenvalue weighted by Crippen LogP contribution is 2.01. The minimum Gasteiger partial charge on any atom is -0.231 e. The number of hydrogen-bond acceptors (Lipinski definition) is 2. The Morgan fingerprint density at radius 2 is 2.50 bits per heavy atom. The van der Waals surface area contributed by atoms with Crippen LogP contribution < -0.4 is 0 Å². The van der Waals surface area contributed by atoms with Crippen LogP contribution in [-0.4, -0.2) is 18.0 Å². The van der Waals surface area contributed by atoms with Crippen LogP contribution in [0.3, 0.4) is 0 Å². The second-order valence-corrected chi connectivity index (χ2v) is 1.59. The average molecular weight is 110 g/mol. The van der Waals surface area contributed by atoms with E-state index in [1.54, 1.807) is 6.34 Å². The van der Waals surface area contributed by atoms with Gasteiger partial charge in [-0.1, -0.05) is 0 Å². The zero-order valence-corrected chi connectivity index (χ0v) is 5.00. The molecule has 1 aliphatic rings. The Morgan fingerprint density at radius 3 is 2.75 bits per heavy atom. The van der Waals surface area contributed by atoms with E-state index < -0.39 is 0 Å². The summed E-state index contributed by atoms with van der Waals surface area (Å²) in [4.78, 5) is 0. The van der Waals surface area contributed by atoms with Crippen molar-refractivity contribution in [1.82, 2.24) is 0 Å². The lowest BCUT2D eigenvalue weighted by Crippen LogP contribution is -1.97. The molecule has 0 atom stereocenters. The summed E-state index contributed by atoms with van der Waals surface area (Å²) in [6.07, 6.45) is 3.59. The maximum absolute atomic E-state index is 3.79. The topological polar surface area (TPSA) is 27.7 Å². The summed E-state index contributed by atoms with van der Waals surface area (Å²) in [6, 6.07) is 0. The van der Waals surface area contributed by atoms with Gasteiger partial charge in [-0.05, 0) is 13.0 Å². The highest BCUT2D eigenvalue weighted by atomic mass is 15.3. The van der Waals surface area contributed by atoms with Crippen molar-refractivity contribution in [3.63, 3.8) is 0 Å². The molecule has 0 bridgehead atoms. The van der Waals surface area contributed by atoms with Gasteiger partial charge < -0.3 is 0 Å². The number of rotatable bonds is 0. The number of allylic oxidation sites excluding steroid dienone is 1. The van der Waals surface area contributed by atoms with E-state index in [0.717, 1.165) is 5.82 Å². The predicted octanol–water partition coefficient (Wildman–Crippen LogP) is 0.984. The van der Waals surface area contributed by atoms with Gasteiger partial charge in [0.25, 0.3) is 6.34 Å². The zero-order chi connectivity index (χ0) is 5.98. The average Bonchev–Trinajstić information content (AvgIpc) is 2.14. The van der Waals surface area contributed by atoms with E-state index in [0.29, 0.717) is 0 Å². The Bertz CT molecular complexity index is 176. The van der Waals surface area contributed by atoms with Gasteiger partial charge >= 0.3 is 5.82 Å². The molecule has 0 unspecified atom stereocenters. The van der Waals surface area contributed by atoms with E-state index in [1.165, 1.54) is 0 Å². The molecule has 0 N–H and O–H groups in total. The zero-order valence-electron chi connectivity index (χ0n) is 5.00. The van der Waals surface area contributed by atoms with Crippen molar-refractivity contribution in [2.75, 3.05) is 7.05 Å². The second kappa shape index (κ2) is 1.86. The monoisotopic (exact) mass is 110 g/mol. The van der Waals surface area contributed by atoms with E-state index in [4.69, 9.17) is 0 Å². The van der Waals surface area contributed by atoms with Crippen LogP contribution >= 0.6 is 0 Å². The van der Waals surface area contributed by atoms with E-state index in [-0.39, 0.29) is 0 Å². The first-order chi connectivity index (χ1) is 3.84. The van der Waals surface area contributed by atoms with Crippen LogP contribution in [0.5, 0.6) is 0 Å². The minimum atomic E-state index is 0.907. The van der Waals surface area contributed by atoms with Crippen LogP contribution in [0.25, 0.3) is 0 Å². The Balaban J connectivity index is 2.88. The molecule has 3 nitrogen and oxygen atoms in total. The molecule has 0 fully saturated rings. The van der Waals surface area contributed by atoms with Crippen molar-refractivity contribution < 1.29 is 4.58 Å². The molecule has 0 spiro atoms. The lowest BCUT2D eigenvalue weighted by molar-refractivity contribution is -0.435. The predicted molar refractivity (Wildman–Crippen MR) is 30.9 cm³/mol. The molecule has 1 heterocycles. The fraction of sp³-hybridized carbons (Fsp3) is 0.400. The molecule has 0 aromatic rings. The lowest BCUT2D eigenvalue weighted by atomic mass is 10.6. The molecule has 0 aliphatic carbocycles. The van der Waals surface area contributed by atoms with Crippen LogP contribution in [-0.2, 0) is 0 Å². The lowest BCUT2D eigenvalue weighted by Gasteiger charge is -1.83. The summed E-state index contributed by atoms with van der Waals surface area (Å²) in [7, 11) is 1.91. The molecule has 1 rings (SSSR count). The van der Waals surface area contributed by atoms with Crippen LogP contribution in [0.1, 0.15) is 6.92 Å². The second-order valence-electron chi connectivity index (χ2n) is 1.59. The quantitative estimate of drug-likeness (QED) is 0.416. The van der Waals surface area contributed by atoms with Crippen molar-refractivity contribution in [1.29, 1.82) is 0 Å². The third-order valence-corrected chi connectivity index (χ3v) is 1.00. The molecule has 1 aliphatic heterocycles. The smallest absolute Gasteiger partial charge is 0.231 e. The van der Waals surface area contributed by atoms with E-state index >= 15 is 0 Å². The van der Waals surface area contributed by atoms with Crippen molar-refractivity contribution in [3.8, 4) is 0 Å². The third kappa shape index (κ3) is 0.665. The summed E-state index contributed by atoms with van der Waals surface area (Å²) in [5.74, 6) is 0.907. The largest absolute Gasteiger partial charge is 0.301 e. The van der Waals surface area contributed by atoms with Crippen molar-refractivity contribution in [2.45, 2.75) is 6.92 Å². The fourth-order valence-corrected chi connectivity index (χ4v) is 0.553. The van der Waals surface area contributed by atoms with Gasteiger partial charge in [0, 0.05) is 0 Å². The SMILES string of the molecule is CC=C1N=NC=[N+]1C. The summed E-state index contributed by atoms with van der Waals surface area (Å²) >= 11 is 0. The minimum absolute atomic E-state index is 0.907. The molecule has 8 heavy (non-hydrogen) atoms. The van der Waals surface area contributed by atoms with Crippen LogP contribution in [0.2, 0.25) is 0 Å². The third-order valence-electron chi connectivity index (χ3n) is 1.00. The first kappa shape index (κ1) is 5.15. The van der Waals surface area contributed by atoms with Gasteiger partial charge in [-0.2, -0.15) is 0 Å². The first-order valence-corrected chi connectivity index (χ1v) is 2.48. The highest BCUT2D eigenvalue weighted by molar-refractivity contribution is 5.50. The maximum Gasteiger partial charge on any atom is 0.301 e. The molecule has 0 aromatic carbocycles. The standard InChI is InChI=1S/C5H8N3/c1-3-5-7-6-4-8(5)2/h3-4H,1-2H3/q+1. The Kier molecular flexibility index (Phi) is 1.20. The fourth-order valence-electron chi connectivity index (χ4n) is 0.553. The molecule has 0 radical (unpaired) electrons. The van der Waals surface area contributed by atoms with Gasteiger partial charge in [0.1, 0.15) is 0 Å². The molecule has 0 aromatic heterocycles. The number of azo groups is 1. The van der Waals surface area contributed by atoms with E-state index in [1.807, 2.05) is 24.6 Å². The van der Waals surface area contributed by atoms with E-state index in [9.17, 15) is 0 Å². The van der Waals surface area contributed by atoms with Crippen LogP contribution in [0.4, 0.5) is 0 Å². The molecule has 0 amide bonds. The van der Waals surface area contributed by atoms with Gasteiger partial charge in [0.05, 0.1) is 17.3 Å². The van der Waals surface area contributed by atoms with Gasteiger partial charge in [-0.15, -0.1) is 0 Å². The Morgan fingerprint density at radius 1 is 1.75 bits per heavy atom. The number of hydrogen-bond donors (Lipinski definition) is 0. The van der Waals surface area contributed by atoms with Crippen molar-refractivity contribution in [3.05, 3.63) is 11.9 Å². The molecular formula is C5H8N3+. The molecule has 0 saturated heterocycles. The van der Waals surface area contributed by atoms with Crippen LogP contribution in [0.15, 0.2) is 22.1 Å². The van der Waals surface area contributed by atoms with Crippen LogP contribution in [0, 0.1) is 0 Å². The van der Waals surface area contributed by atoms with E-state index in [2.05, 4.69) is 10.2 Å². The van der Waals surface area contributed by atoms with Gasteiger partial charge in [-0.25, -0.2) is 4.58 Å². The summed E-state index contributed by atoms with van der Waals surface area (Å²) in [6.45, 7) is 1.93. The summed E-state index contributed by atoms with van der Waals surface area (Å²) in [5, 5.41) is 7.47. The molecule has 0 saturated carbocycles. The summed E-state index contributed by atoms with van der Waals surface area (Å²) in [5.41, 5.74) is 0. The maximum atomic E-state index is 3.79. The molecule has 42 valence electrons. The molecular weight excluding hydrogens is 102 g/mol. The Hall–Kier alpha value is -0.990. The van der Waals surface area contributed by atoms with Crippen molar-refractivity contribution >= 4 is 6.34 Å². The normalized spacial score (nSPS) is 22.2. The van der Waals surface area contributed by atoms with Gasteiger partial charge in [0.2, 0.25) is 0 Å². The van der Waals surface area contributed by atoms with Crippen molar-refractivity contribution in [2.24, 2.45) is 10.2 Å². The number of nitrogens with zero attached hydrogens (tertiary/aromatic N) is 3. The van der Waals surface area contributed by atoms with Gasteiger partial charge in [0.15, 0.2) is 0 Å². The summed E-state index contributed by atoms with van der Waals surface area (Å²) < 4.78 is 1.86. The van der Waals surface area contributed by atoms with Gasteiger partial charge in [-0.3, -0.25) is 0 Å². The first-order valence-electron chi connectivity index (χ1n) is 2.48. The molecule has 3 heteroatoms. The Labute approximate surface area is 48.1 Å². The highest BCUT2D eigenvalue weighted by Gasteiger charge is 2.09.